The van der Waals surface area contributed by atoms with Crippen LogP contribution in [0.1, 0.15) is 13.8 Å². The molecule has 4 fully saturated rings. The second kappa shape index (κ2) is 11.3. The number of aliphatic hydroxyl groups is 7. The normalized spacial score (nSPS) is 52.3. The van der Waals surface area contributed by atoms with Gasteiger partial charge in [0.1, 0.15) is 61.0 Å². The molecule has 0 aliphatic carbocycles. The highest BCUT2D eigenvalue weighted by Crippen LogP contribution is 2.40. The molecular weight excluding hydrogens is 540 g/mol. The van der Waals surface area contributed by atoms with Gasteiger partial charge in [0.2, 0.25) is 0 Å². The van der Waals surface area contributed by atoms with E-state index in [0.29, 0.717) is 0 Å². The highest BCUT2D eigenvalue weighted by molar-refractivity contribution is 5.76. The molecule has 4 aliphatic rings. The van der Waals surface area contributed by atoms with Gasteiger partial charge in [0.25, 0.3) is 5.79 Å². The Morgan fingerprint density at radius 3 is 1.95 bits per heavy atom. The van der Waals surface area contributed by atoms with Gasteiger partial charge in [0.15, 0.2) is 25.0 Å². The summed E-state index contributed by atoms with van der Waals surface area (Å²) in [6, 6.07) is 0. The number of hydrogen-bond donors (Lipinski definition) is 9. The van der Waals surface area contributed by atoms with Crippen LogP contribution in [0.4, 0.5) is 0 Å². The van der Waals surface area contributed by atoms with Crippen molar-refractivity contribution in [3.8, 4) is 0 Å². The van der Waals surface area contributed by atoms with E-state index in [9.17, 15) is 55.5 Å². The maximum atomic E-state index is 11.9. The first-order chi connectivity index (χ1) is 18.2. The third-order valence-corrected chi connectivity index (χ3v) is 7.08. The minimum atomic E-state index is -2.33. The van der Waals surface area contributed by atoms with Gasteiger partial charge in [-0.3, -0.25) is 0 Å². The molecular formula is C21H32O18. The predicted octanol–water partition coefficient (Wildman–Crippen LogP) is -5.59. The zero-order valence-corrected chi connectivity index (χ0v) is 20.6. The summed E-state index contributed by atoms with van der Waals surface area (Å²) >= 11 is 0. The van der Waals surface area contributed by atoms with Crippen LogP contribution in [0.15, 0.2) is 0 Å². The number of carboxylic acids is 2. The third-order valence-electron chi connectivity index (χ3n) is 7.08. The van der Waals surface area contributed by atoms with Crippen LogP contribution in [0, 0.1) is 0 Å². The maximum absolute atomic E-state index is 11.9. The summed E-state index contributed by atoms with van der Waals surface area (Å²) in [7, 11) is 0. The first-order valence-electron chi connectivity index (χ1n) is 12.0. The molecule has 0 bridgehead atoms. The summed E-state index contributed by atoms with van der Waals surface area (Å²) in [6.07, 6.45) is -25.4. The van der Waals surface area contributed by atoms with Gasteiger partial charge >= 0.3 is 11.9 Å². The third kappa shape index (κ3) is 5.51. The largest absolute Gasteiger partial charge is 0.479 e. The van der Waals surface area contributed by atoms with Crippen LogP contribution in [-0.4, -0.2) is 162 Å². The van der Waals surface area contributed by atoms with Gasteiger partial charge < -0.3 is 79.1 Å². The van der Waals surface area contributed by atoms with Crippen molar-refractivity contribution in [2.24, 2.45) is 0 Å². The maximum Gasteiger partial charge on any atom is 0.364 e. The zero-order valence-electron chi connectivity index (χ0n) is 20.6. The number of aliphatic hydroxyl groups excluding tert-OH is 7. The van der Waals surface area contributed by atoms with Crippen LogP contribution in [0.3, 0.4) is 0 Å². The highest BCUT2D eigenvalue weighted by Gasteiger charge is 2.62. The molecule has 0 spiro atoms. The van der Waals surface area contributed by atoms with Gasteiger partial charge in [-0.15, -0.1) is 0 Å². The van der Waals surface area contributed by atoms with E-state index in [1.165, 1.54) is 6.92 Å². The lowest BCUT2D eigenvalue weighted by Gasteiger charge is -2.47. The molecule has 16 atom stereocenters. The van der Waals surface area contributed by atoms with E-state index in [-0.39, 0.29) is 0 Å². The Bertz CT molecular complexity index is 904. The number of hydrogen-bond acceptors (Lipinski definition) is 16. The number of aliphatic carboxylic acids is 2. The fourth-order valence-corrected chi connectivity index (χ4v) is 4.84. The summed E-state index contributed by atoms with van der Waals surface area (Å²) in [5.41, 5.74) is 0. The summed E-state index contributed by atoms with van der Waals surface area (Å²) in [4.78, 5) is 23.6. The van der Waals surface area contributed by atoms with Crippen molar-refractivity contribution in [2.75, 3.05) is 6.61 Å². The van der Waals surface area contributed by atoms with Crippen molar-refractivity contribution >= 4 is 11.9 Å². The van der Waals surface area contributed by atoms with Gasteiger partial charge in [-0.05, 0) is 6.92 Å². The minimum Gasteiger partial charge on any atom is -0.479 e. The minimum absolute atomic E-state index is 0.857. The predicted molar refractivity (Wildman–Crippen MR) is 114 cm³/mol. The molecule has 1 unspecified atom stereocenters. The van der Waals surface area contributed by atoms with Crippen molar-refractivity contribution < 1.29 is 88.7 Å². The summed E-state index contributed by atoms with van der Waals surface area (Å²) in [5, 5.41) is 90.9. The lowest BCUT2D eigenvalue weighted by Crippen LogP contribution is -2.66. The summed E-state index contributed by atoms with van der Waals surface area (Å²) < 4.78 is 37.6. The Morgan fingerprint density at radius 2 is 1.36 bits per heavy atom. The van der Waals surface area contributed by atoms with Gasteiger partial charge in [-0.2, -0.15) is 0 Å². The SMILES string of the molecule is C[C@@H]1O[C@@H](O[C@@H]2[C@@H](O)[C@H](O[C@H]3[C@@H]4OC(C)(C(=O)O)O[C@H]4[C@H](O)O[C@@H]3C(=O)O)O[C@H](CO)[C@H]2O)[C@@H](O)[C@H](O)[C@@H]1O. The van der Waals surface area contributed by atoms with Crippen molar-refractivity contribution in [3.63, 3.8) is 0 Å². The second-order valence-electron chi connectivity index (χ2n) is 9.79. The fraction of sp³-hybridized carbons (Fsp3) is 0.905. The van der Waals surface area contributed by atoms with Crippen LogP contribution in [0.5, 0.6) is 0 Å². The van der Waals surface area contributed by atoms with Crippen LogP contribution in [0.25, 0.3) is 0 Å². The number of rotatable bonds is 7. The molecule has 4 heterocycles. The molecule has 18 nitrogen and oxygen atoms in total. The van der Waals surface area contributed by atoms with E-state index in [1.807, 2.05) is 0 Å². The van der Waals surface area contributed by atoms with Gasteiger partial charge in [-0.1, -0.05) is 0 Å². The van der Waals surface area contributed by atoms with E-state index in [1.54, 1.807) is 0 Å². The van der Waals surface area contributed by atoms with Crippen LogP contribution < -0.4 is 0 Å². The van der Waals surface area contributed by atoms with Crippen LogP contribution in [0.2, 0.25) is 0 Å². The van der Waals surface area contributed by atoms with Crippen molar-refractivity contribution in [2.45, 2.75) is 112 Å². The molecule has 9 N–H and O–H groups in total. The molecule has 0 aromatic carbocycles. The topological polar surface area (TPSA) is 281 Å². The zero-order chi connectivity index (χ0) is 29.0. The highest BCUT2D eigenvalue weighted by atomic mass is 16.8. The number of carboxylic acid groups (broad SMARTS) is 2. The van der Waals surface area contributed by atoms with Crippen molar-refractivity contribution in [1.29, 1.82) is 0 Å². The Labute approximate surface area is 219 Å². The van der Waals surface area contributed by atoms with Gasteiger partial charge in [-0.25, -0.2) is 9.59 Å². The molecule has 0 aromatic heterocycles. The van der Waals surface area contributed by atoms with Gasteiger partial charge in [0, 0.05) is 6.92 Å². The number of ether oxygens (including phenoxy) is 7. The van der Waals surface area contributed by atoms with E-state index >= 15 is 0 Å². The second-order valence-corrected chi connectivity index (χ2v) is 9.79. The average molecular weight is 572 g/mol. The van der Waals surface area contributed by atoms with E-state index in [0.717, 1.165) is 6.92 Å². The number of carbonyl (C=O) groups is 2. The monoisotopic (exact) mass is 572 g/mol. The summed E-state index contributed by atoms with van der Waals surface area (Å²) in [6.45, 7) is 1.51. The van der Waals surface area contributed by atoms with Crippen molar-refractivity contribution in [1.82, 2.24) is 0 Å². The van der Waals surface area contributed by atoms with E-state index in [4.69, 9.17) is 33.2 Å². The first kappa shape index (κ1) is 30.3. The lowest BCUT2D eigenvalue weighted by atomic mass is 9.96. The molecule has 4 rings (SSSR count). The first-order valence-corrected chi connectivity index (χ1v) is 12.0. The molecule has 18 heteroatoms. The lowest BCUT2D eigenvalue weighted by molar-refractivity contribution is -0.371. The quantitative estimate of drug-likeness (QED) is 0.137. The molecule has 0 amide bonds. The molecule has 224 valence electrons. The molecule has 39 heavy (non-hydrogen) atoms. The van der Waals surface area contributed by atoms with Crippen LogP contribution >= 0.6 is 0 Å². The van der Waals surface area contributed by atoms with E-state index < -0.39 is 116 Å². The smallest absolute Gasteiger partial charge is 0.364 e. The van der Waals surface area contributed by atoms with Gasteiger partial charge in [0.05, 0.1) is 12.7 Å². The Balaban J connectivity index is 1.58. The molecule has 4 aliphatic heterocycles. The fourth-order valence-electron chi connectivity index (χ4n) is 4.84. The standard InChI is InChI=1S/C21H32O18/c1-4-6(23)8(25)9(26)18(33-4)36-11-7(24)5(3-22)34-19(10(11)27)37-12-13-15(17(30)35-14(12)16(28)29)39-21(2,38-13)20(31)32/h4-15,17-19,22-27,30H,3H2,1-2H3,(H,28,29)(H,31,32)/t4-,5+,6+,7+,8+,9-,10+,11-,12-,13-,14-,15+,17+,18-,19-,21?/m0/s1. The Hall–Kier alpha value is -1.62. The Kier molecular flexibility index (Phi) is 8.82. The number of fused-ring (bicyclic) bond motifs is 1. The summed E-state index contributed by atoms with van der Waals surface area (Å²) in [5.74, 6) is -5.59. The molecule has 4 saturated heterocycles. The molecule has 0 saturated carbocycles. The average Bonchev–Trinajstić information content (AvgIpc) is 3.26. The molecule has 0 aromatic rings. The Morgan fingerprint density at radius 1 is 0.769 bits per heavy atom. The van der Waals surface area contributed by atoms with Crippen LogP contribution in [-0.2, 0) is 42.7 Å². The van der Waals surface area contributed by atoms with Crippen molar-refractivity contribution in [3.05, 3.63) is 0 Å². The molecule has 0 radical (unpaired) electrons. The van der Waals surface area contributed by atoms with E-state index in [2.05, 4.69) is 0 Å².